The lowest BCUT2D eigenvalue weighted by molar-refractivity contribution is 0.0997. The van der Waals surface area contributed by atoms with Crippen LogP contribution in [0.5, 0.6) is 0 Å². The van der Waals surface area contributed by atoms with Gasteiger partial charge >= 0.3 is 0 Å². The topological polar surface area (TPSA) is 71.7 Å². The van der Waals surface area contributed by atoms with Crippen LogP contribution in [0.15, 0.2) is 46.3 Å². The van der Waals surface area contributed by atoms with E-state index in [0.717, 1.165) is 34.2 Å². The smallest absolute Gasteiger partial charge is 0.279 e. The van der Waals surface area contributed by atoms with Crippen molar-refractivity contribution in [3.05, 3.63) is 57.9 Å². The van der Waals surface area contributed by atoms with Gasteiger partial charge < -0.3 is 4.57 Å². The Labute approximate surface area is 180 Å². The third-order valence-corrected chi connectivity index (χ3v) is 8.67. The molecule has 4 rings (SSSR count). The van der Waals surface area contributed by atoms with Gasteiger partial charge in [0, 0.05) is 25.2 Å². The minimum atomic E-state index is -3.49. The first-order chi connectivity index (χ1) is 14.3. The van der Waals surface area contributed by atoms with Crippen LogP contribution >= 0.6 is 11.3 Å². The van der Waals surface area contributed by atoms with Gasteiger partial charge in [0.05, 0.1) is 15.1 Å². The Morgan fingerprint density at radius 1 is 1.03 bits per heavy atom. The standard InChI is InChI=1S/C22H25N3O3S2/c1-4-25-19-15(2)7-8-16(3)20(19)29-22(25)23-21(26)17-9-11-18(12-10-17)30(27,28)24-13-5-6-14-24/h7-12H,4-6,13-14H2,1-3H3. The molecular formula is C22H25N3O3S2. The van der Waals surface area contributed by atoms with Gasteiger partial charge in [-0.3, -0.25) is 4.79 Å². The largest absolute Gasteiger partial charge is 0.316 e. The second-order valence-corrected chi connectivity index (χ2v) is 10.5. The van der Waals surface area contributed by atoms with Crippen LogP contribution in [0, 0.1) is 13.8 Å². The summed E-state index contributed by atoms with van der Waals surface area (Å²) in [7, 11) is -3.49. The zero-order valence-electron chi connectivity index (χ0n) is 17.4. The van der Waals surface area contributed by atoms with Crippen molar-refractivity contribution in [3.63, 3.8) is 0 Å². The maximum Gasteiger partial charge on any atom is 0.279 e. The van der Waals surface area contributed by atoms with Crippen molar-refractivity contribution < 1.29 is 13.2 Å². The van der Waals surface area contributed by atoms with Crippen LogP contribution in [0.25, 0.3) is 10.2 Å². The molecule has 0 spiro atoms. The summed E-state index contributed by atoms with van der Waals surface area (Å²) in [5.74, 6) is -0.371. The molecule has 158 valence electrons. The molecule has 1 aliphatic rings. The molecule has 1 saturated heterocycles. The highest BCUT2D eigenvalue weighted by molar-refractivity contribution is 7.89. The predicted molar refractivity (Wildman–Crippen MR) is 119 cm³/mol. The molecule has 0 bridgehead atoms. The van der Waals surface area contributed by atoms with Crippen molar-refractivity contribution in [3.8, 4) is 0 Å². The van der Waals surface area contributed by atoms with E-state index in [4.69, 9.17) is 0 Å². The summed E-state index contributed by atoms with van der Waals surface area (Å²) < 4.78 is 30.0. The van der Waals surface area contributed by atoms with Crippen molar-refractivity contribution in [2.24, 2.45) is 4.99 Å². The molecule has 3 aromatic rings. The quantitative estimate of drug-likeness (QED) is 0.615. The number of hydrogen-bond acceptors (Lipinski definition) is 4. The third kappa shape index (κ3) is 3.64. The zero-order valence-corrected chi connectivity index (χ0v) is 19.0. The lowest BCUT2D eigenvalue weighted by Crippen LogP contribution is -2.27. The number of aryl methyl sites for hydroxylation is 3. The molecule has 6 nitrogen and oxygen atoms in total. The number of amides is 1. The lowest BCUT2D eigenvalue weighted by Gasteiger charge is -2.15. The van der Waals surface area contributed by atoms with E-state index >= 15 is 0 Å². The zero-order chi connectivity index (χ0) is 21.5. The molecule has 2 heterocycles. The molecule has 2 aromatic carbocycles. The first-order valence-corrected chi connectivity index (χ1v) is 12.4. The molecule has 0 atom stereocenters. The number of sulfonamides is 1. The van der Waals surface area contributed by atoms with Crippen molar-refractivity contribution in [2.75, 3.05) is 13.1 Å². The van der Waals surface area contributed by atoms with Crippen molar-refractivity contribution in [1.29, 1.82) is 0 Å². The molecule has 0 N–H and O–H groups in total. The van der Waals surface area contributed by atoms with Gasteiger partial charge in [0.25, 0.3) is 5.91 Å². The summed E-state index contributed by atoms with van der Waals surface area (Å²) in [4.78, 5) is 18.1. The molecule has 1 fully saturated rings. The fraction of sp³-hybridized carbons (Fsp3) is 0.364. The van der Waals surface area contributed by atoms with Gasteiger partial charge in [-0.05, 0) is 69.0 Å². The Hall–Kier alpha value is -2.29. The number of aromatic nitrogens is 1. The number of hydrogen-bond donors (Lipinski definition) is 0. The number of fused-ring (bicyclic) bond motifs is 1. The fourth-order valence-electron chi connectivity index (χ4n) is 3.85. The number of benzene rings is 2. The van der Waals surface area contributed by atoms with E-state index in [1.807, 2.05) is 6.92 Å². The molecule has 1 amide bonds. The van der Waals surface area contributed by atoms with E-state index in [1.165, 1.54) is 27.8 Å². The Balaban J connectivity index is 1.70. The lowest BCUT2D eigenvalue weighted by atomic mass is 10.1. The van der Waals surface area contributed by atoms with Gasteiger partial charge in [0.2, 0.25) is 10.0 Å². The maximum absolute atomic E-state index is 12.8. The highest BCUT2D eigenvalue weighted by atomic mass is 32.2. The molecule has 30 heavy (non-hydrogen) atoms. The second kappa shape index (κ2) is 8.09. The summed E-state index contributed by atoms with van der Waals surface area (Å²) in [6, 6.07) is 10.3. The number of carbonyl (C=O) groups excluding carboxylic acids is 1. The van der Waals surface area contributed by atoms with Gasteiger partial charge in [0.15, 0.2) is 4.80 Å². The van der Waals surface area contributed by atoms with Gasteiger partial charge in [-0.1, -0.05) is 23.5 Å². The number of carbonyl (C=O) groups is 1. The van der Waals surface area contributed by atoms with E-state index in [-0.39, 0.29) is 10.8 Å². The van der Waals surface area contributed by atoms with E-state index in [9.17, 15) is 13.2 Å². The minimum Gasteiger partial charge on any atom is -0.316 e. The molecule has 0 aliphatic carbocycles. The van der Waals surface area contributed by atoms with Crippen LogP contribution in [0.3, 0.4) is 0 Å². The van der Waals surface area contributed by atoms with E-state index in [2.05, 4.69) is 35.5 Å². The predicted octanol–water partition coefficient (Wildman–Crippen LogP) is 3.87. The summed E-state index contributed by atoms with van der Waals surface area (Å²) in [6.07, 6.45) is 1.78. The molecule has 1 aliphatic heterocycles. The number of rotatable bonds is 4. The van der Waals surface area contributed by atoms with Crippen LogP contribution in [-0.2, 0) is 16.6 Å². The Morgan fingerprint density at radius 2 is 1.67 bits per heavy atom. The van der Waals surface area contributed by atoms with E-state index in [0.29, 0.717) is 30.0 Å². The van der Waals surface area contributed by atoms with E-state index in [1.54, 1.807) is 12.1 Å². The van der Waals surface area contributed by atoms with Gasteiger partial charge in [0.1, 0.15) is 0 Å². The number of thiazole rings is 1. The average Bonchev–Trinajstić information content (AvgIpc) is 3.40. The van der Waals surface area contributed by atoms with Crippen molar-refractivity contribution >= 4 is 37.5 Å². The van der Waals surface area contributed by atoms with Crippen LogP contribution in [-0.4, -0.2) is 36.3 Å². The Morgan fingerprint density at radius 3 is 2.30 bits per heavy atom. The van der Waals surface area contributed by atoms with Crippen LogP contribution < -0.4 is 4.80 Å². The number of nitrogens with zero attached hydrogens (tertiary/aromatic N) is 3. The summed E-state index contributed by atoms with van der Waals surface area (Å²) in [5, 5.41) is 0. The third-order valence-electron chi connectivity index (χ3n) is 5.54. The van der Waals surface area contributed by atoms with Crippen molar-refractivity contribution in [2.45, 2.75) is 45.1 Å². The molecule has 0 radical (unpaired) electrons. The summed E-state index contributed by atoms with van der Waals surface area (Å²) in [6.45, 7) is 7.98. The molecule has 8 heteroatoms. The Kier molecular flexibility index (Phi) is 5.65. The summed E-state index contributed by atoms with van der Waals surface area (Å²) >= 11 is 1.51. The first kappa shape index (κ1) is 21.0. The monoisotopic (exact) mass is 443 g/mol. The van der Waals surface area contributed by atoms with Gasteiger partial charge in [-0.25, -0.2) is 8.42 Å². The highest BCUT2D eigenvalue weighted by Crippen LogP contribution is 2.25. The van der Waals surface area contributed by atoms with E-state index < -0.39 is 10.0 Å². The molecular weight excluding hydrogens is 418 g/mol. The SMILES string of the molecule is CCn1c(=NC(=O)c2ccc(S(=O)(=O)N3CCCC3)cc2)sc2c(C)ccc(C)c21. The Bertz CT molecular complexity index is 1280. The van der Waals surface area contributed by atoms with Gasteiger partial charge in [-0.2, -0.15) is 9.30 Å². The maximum atomic E-state index is 12.8. The van der Waals surface area contributed by atoms with Crippen LogP contribution in [0.2, 0.25) is 0 Å². The highest BCUT2D eigenvalue weighted by Gasteiger charge is 2.27. The minimum absolute atomic E-state index is 0.220. The second-order valence-electron chi connectivity index (χ2n) is 7.56. The average molecular weight is 444 g/mol. The molecule has 1 aromatic heterocycles. The molecule has 0 saturated carbocycles. The normalized spacial score (nSPS) is 15.9. The first-order valence-electron chi connectivity index (χ1n) is 10.1. The van der Waals surface area contributed by atoms with Crippen LogP contribution in [0.4, 0.5) is 0 Å². The van der Waals surface area contributed by atoms with Crippen LogP contribution in [0.1, 0.15) is 41.3 Å². The van der Waals surface area contributed by atoms with Gasteiger partial charge in [-0.15, -0.1) is 0 Å². The molecule has 0 unspecified atom stereocenters. The summed E-state index contributed by atoms with van der Waals surface area (Å²) in [5.41, 5.74) is 3.80. The van der Waals surface area contributed by atoms with Crippen molar-refractivity contribution in [1.82, 2.24) is 8.87 Å². The fourth-order valence-corrected chi connectivity index (χ4v) is 6.61.